The van der Waals surface area contributed by atoms with Gasteiger partial charge in [-0.15, -0.1) is 0 Å². The smallest absolute Gasteiger partial charge is 0.336 e. The van der Waals surface area contributed by atoms with Crippen LogP contribution in [0, 0.1) is 13.8 Å². The Balaban J connectivity index is 1.41. The Hall–Kier alpha value is -4.71. The van der Waals surface area contributed by atoms with E-state index in [4.69, 9.17) is 9.97 Å². The van der Waals surface area contributed by atoms with Gasteiger partial charge in [-0.1, -0.05) is 61.5 Å². The van der Waals surface area contributed by atoms with Crippen LogP contribution in [0.4, 0.5) is 0 Å². The lowest BCUT2D eigenvalue weighted by Crippen LogP contribution is -2.05. The summed E-state index contributed by atoms with van der Waals surface area (Å²) in [5.74, 6) is 0.999. The second-order valence-electron chi connectivity index (χ2n) is 10.1. The zero-order valence-corrected chi connectivity index (χ0v) is 22.3. The number of nitrogens with zero attached hydrogens (tertiary/aromatic N) is 3. The molecular weight excluding hydrogens is 484 g/mol. The quantitative estimate of drug-likeness (QED) is 0.230. The number of aromatic amines is 1. The first-order chi connectivity index (χ1) is 18.9. The number of hydrogen-bond acceptors (Lipinski definition) is 3. The SMILES string of the molecule is CCCc1nc2c(C)cc(-c3nc4c(C)cccc4[nH]3)cc2n1Cc1ccc(-c2ccccc2C(=O)O)cc1. The molecular formula is C33H30N4O2. The van der Waals surface area contributed by atoms with E-state index in [0.29, 0.717) is 12.1 Å². The van der Waals surface area contributed by atoms with Crippen molar-refractivity contribution >= 4 is 28.0 Å². The third-order valence-electron chi connectivity index (χ3n) is 7.35. The molecule has 0 saturated heterocycles. The average molecular weight is 515 g/mol. The van der Waals surface area contributed by atoms with E-state index >= 15 is 0 Å². The van der Waals surface area contributed by atoms with E-state index in [-0.39, 0.29) is 0 Å². The molecule has 0 atom stereocenters. The fourth-order valence-corrected chi connectivity index (χ4v) is 5.37. The predicted octanol–water partition coefficient (Wildman–Crippen LogP) is 7.56. The van der Waals surface area contributed by atoms with Crippen LogP contribution in [-0.2, 0) is 13.0 Å². The molecule has 0 saturated carbocycles. The summed E-state index contributed by atoms with van der Waals surface area (Å²) in [6, 6.07) is 25.8. The largest absolute Gasteiger partial charge is 0.478 e. The van der Waals surface area contributed by atoms with Crippen molar-refractivity contribution in [3.63, 3.8) is 0 Å². The fraction of sp³-hybridized carbons (Fsp3) is 0.182. The molecule has 0 fully saturated rings. The number of H-pyrrole nitrogens is 1. The number of nitrogens with one attached hydrogen (secondary N) is 1. The van der Waals surface area contributed by atoms with Crippen LogP contribution in [0.2, 0.25) is 0 Å². The standard InChI is InChI=1S/C33H30N4O2/c1-4-8-29-35-31-21(3)17-24(32-34-27-12-7-9-20(2)30(27)36-32)18-28(31)37(29)19-22-13-15-23(16-14-22)25-10-5-6-11-26(25)33(38)39/h5-7,9-18H,4,8,19H2,1-3H3,(H,34,36)(H,38,39). The second kappa shape index (κ2) is 9.87. The minimum absolute atomic E-state index is 0.305. The highest BCUT2D eigenvalue weighted by Crippen LogP contribution is 2.30. The van der Waals surface area contributed by atoms with Gasteiger partial charge >= 0.3 is 5.97 Å². The lowest BCUT2D eigenvalue weighted by molar-refractivity contribution is 0.0697. The van der Waals surface area contributed by atoms with Crippen LogP contribution in [0.15, 0.2) is 78.9 Å². The van der Waals surface area contributed by atoms with Crippen molar-refractivity contribution in [2.45, 2.75) is 40.2 Å². The molecule has 2 aromatic heterocycles. The van der Waals surface area contributed by atoms with Crippen LogP contribution >= 0.6 is 0 Å². The molecule has 6 rings (SSSR count). The Labute approximate surface area is 227 Å². The summed E-state index contributed by atoms with van der Waals surface area (Å²) in [6.45, 7) is 7.04. The van der Waals surface area contributed by atoms with Crippen LogP contribution in [0.5, 0.6) is 0 Å². The summed E-state index contributed by atoms with van der Waals surface area (Å²) in [4.78, 5) is 25.2. The molecule has 0 aliphatic carbocycles. The molecule has 194 valence electrons. The third kappa shape index (κ3) is 4.48. The molecule has 0 aliphatic rings. The van der Waals surface area contributed by atoms with Crippen molar-refractivity contribution in [2.75, 3.05) is 0 Å². The zero-order valence-electron chi connectivity index (χ0n) is 22.3. The van der Waals surface area contributed by atoms with Gasteiger partial charge in [0, 0.05) is 18.5 Å². The number of aromatic nitrogens is 4. The molecule has 0 bridgehead atoms. The van der Waals surface area contributed by atoms with E-state index in [2.05, 4.69) is 66.7 Å². The number of hydrogen-bond donors (Lipinski definition) is 2. The molecule has 6 nitrogen and oxygen atoms in total. The summed E-state index contributed by atoms with van der Waals surface area (Å²) in [7, 11) is 0. The summed E-state index contributed by atoms with van der Waals surface area (Å²) < 4.78 is 2.31. The number of aryl methyl sites for hydroxylation is 3. The van der Waals surface area contributed by atoms with E-state index in [1.807, 2.05) is 30.3 Å². The summed E-state index contributed by atoms with van der Waals surface area (Å²) in [5, 5.41) is 9.60. The number of benzene rings is 4. The average Bonchev–Trinajstić information content (AvgIpc) is 3.53. The fourth-order valence-electron chi connectivity index (χ4n) is 5.37. The minimum Gasteiger partial charge on any atom is -0.478 e. The Bertz CT molecular complexity index is 1840. The number of para-hydroxylation sites is 1. The van der Waals surface area contributed by atoms with E-state index in [1.54, 1.807) is 12.1 Å². The lowest BCUT2D eigenvalue weighted by Gasteiger charge is -2.12. The van der Waals surface area contributed by atoms with E-state index in [1.165, 1.54) is 0 Å². The maximum Gasteiger partial charge on any atom is 0.336 e. The highest BCUT2D eigenvalue weighted by atomic mass is 16.4. The number of fused-ring (bicyclic) bond motifs is 2. The third-order valence-corrected chi connectivity index (χ3v) is 7.35. The van der Waals surface area contributed by atoms with Gasteiger partial charge in [0.25, 0.3) is 0 Å². The van der Waals surface area contributed by atoms with E-state index in [0.717, 1.165) is 79.9 Å². The van der Waals surface area contributed by atoms with Gasteiger partial charge in [0.05, 0.1) is 27.6 Å². The molecule has 2 N–H and O–H groups in total. The Kier molecular flexibility index (Phi) is 6.23. The van der Waals surface area contributed by atoms with Crippen molar-refractivity contribution in [2.24, 2.45) is 0 Å². The topological polar surface area (TPSA) is 83.8 Å². The number of imidazole rings is 2. The predicted molar refractivity (Wildman–Crippen MR) is 156 cm³/mol. The van der Waals surface area contributed by atoms with Gasteiger partial charge in [-0.25, -0.2) is 14.8 Å². The summed E-state index contributed by atoms with van der Waals surface area (Å²) in [5.41, 5.74) is 10.5. The van der Waals surface area contributed by atoms with E-state index < -0.39 is 5.97 Å². The summed E-state index contributed by atoms with van der Waals surface area (Å²) in [6.07, 6.45) is 1.89. The van der Waals surface area contributed by atoms with Crippen LogP contribution in [0.25, 0.3) is 44.6 Å². The Morgan fingerprint density at radius 2 is 1.67 bits per heavy atom. The van der Waals surface area contributed by atoms with Gasteiger partial charge in [0.1, 0.15) is 11.6 Å². The molecule has 0 amide bonds. The van der Waals surface area contributed by atoms with Crippen molar-refractivity contribution in [3.8, 4) is 22.5 Å². The van der Waals surface area contributed by atoms with Gasteiger partial charge in [-0.05, 0) is 72.4 Å². The maximum atomic E-state index is 11.7. The highest BCUT2D eigenvalue weighted by Gasteiger charge is 2.17. The molecule has 4 aromatic carbocycles. The molecule has 6 aromatic rings. The first kappa shape index (κ1) is 24.6. The summed E-state index contributed by atoms with van der Waals surface area (Å²) >= 11 is 0. The molecule has 2 heterocycles. The number of rotatable bonds is 7. The van der Waals surface area contributed by atoms with Gasteiger partial charge in [-0.3, -0.25) is 0 Å². The molecule has 0 spiro atoms. The monoisotopic (exact) mass is 514 g/mol. The van der Waals surface area contributed by atoms with Crippen LogP contribution in [0.3, 0.4) is 0 Å². The van der Waals surface area contributed by atoms with Gasteiger partial charge < -0.3 is 14.7 Å². The molecule has 0 aliphatic heterocycles. The van der Waals surface area contributed by atoms with Crippen LogP contribution in [-0.4, -0.2) is 30.6 Å². The zero-order chi connectivity index (χ0) is 27.1. The Morgan fingerprint density at radius 1 is 0.872 bits per heavy atom. The van der Waals surface area contributed by atoms with Crippen LogP contribution < -0.4 is 0 Å². The van der Waals surface area contributed by atoms with Crippen molar-refractivity contribution in [1.82, 2.24) is 19.5 Å². The number of carbonyl (C=O) groups is 1. The van der Waals surface area contributed by atoms with Gasteiger partial charge in [0.2, 0.25) is 0 Å². The first-order valence-corrected chi connectivity index (χ1v) is 13.3. The maximum absolute atomic E-state index is 11.7. The van der Waals surface area contributed by atoms with Gasteiger partial charge in [0.15, 0.2) is 0 Å². The van der Waals surface area contributed by atoms with E-state index in [9.17, 15) is 9.90 Å². The molecule has 39 heavy (non-hydrogen) atoms. The minimum atomic E-state index is -0.922. The Morgan fingerprint density at radius 3 is 2.41 bits per heavy atom. The number of carboxylic acids is 1. The molecule has 0 unspecified atom stereocenters. The number of carboxylic acid groups (broad SMARTS) is 1. The lowest BCUT2D eigenvalue weighted by atomic mass is 9.98. The van der Waals surface area contributed by atoms with Crippen LogP contribution in [0.1, 0.15) is 46.2 Å². The molecule has 0 radical (unpaired) electrons. The highest BCUT2D eigenvalue weighted by molar-refractivity contribution is 5.96. The van der Waals surface area contributed by atoms with Gasteiger partial charge in [-0.2, -0.15) is 0 Å². The van der Waals surface area contributed by atoms with Crippen molar-refractivity contribution in [1.29, 1.82) is 0 Å². The molecule has 6 heteroatoms. The van der Waals surface area contributed by atoms with Crippen molar-refractivity contribution < 1.29 is 9.90 Å². The first-order valence-electron chi connectivity index (χ1n) is 13.3. The van der Waals surface area contributed by atoms with Crippen molar-refractivity contribution in [3.05, 3.63) is 107 Å². The second-order valence-corrected chi connectivity index (χ2v) is 10.1. The normalized spacial score (nSPS) is 11.5. The number of aromatic carboxylic acids is 1.